The van der Waals surface area contributed by atoms with Gasteiger partial charge in [-0.2, -0.15) is 0 Å². The molecule has 140 valence electrons. The van der Waals surface area contributed by atoms with Crippen molar-refractivity contribution < 1.29 is 23.5 Å². The van der Waals surface area contributed by atoms with E-state index in [9.17, 15) is 18.8 Å². The Hall–Kier alpha value is -2.64. The molecule has 3 amide bonds. The minimum Gasteiger partial charge on any atom is -0.450 e. The van der Waals surface area contributed by atoms with Gasteiger partial charge in [0.05, 0.1) is 12.5 Å². The number of benzene rings is 1. The summed E-state index contributed by atoms with van der Waals surface area (Å²) in [5, 5.41) is 5.60. The number of anilines is 1. The van der Waals surface area contributed by atoms with Crippen molar-refractivity contribution in [3.05, 3.63) is 29.6 Å². The lowest BCUT2D eigenvalue weighted by Gasteiger charge is -2.33. The van der Waals surface area contributed by atoms with Gasteiger partial charge >= 0.3 is 6.09 Å². The minimum atomic E-state index is -0.711. The first-order valence-corrected chi connectivity index (χ1v) is 8.79. The van der Waals surface area contributed by atoms with E-state index in [1.54, 1.807) is 11.8 Å². The smallest absolute Gasteiger partial charge is 0.409 e. The molecule has 2 aliphatic heterocycles. The molecule has 0 radical (unpaired) electrons. The Morgan fingerprint density at radius 2 is 2.08 bits per heavy atom. The average molecular weight is 363 g/mol. The second-order valence-corrected chi connectivity index (χ2v) is 6.51. The highest BCUT2D eigenvalue weighted by Crippen LogP contribution is 2.33. The summed E-state index contributed by atoms with van der Waals surface area (Å²) in [6.45, 7) is 3.08. The van der Waals surface area contributed by atoms with Crippen molar-refractivity contribution in [2.45, 2.75) is 38.1 Å². The maximum atomic E-state index is 13.6. The van der Waals surface area contributed by atoms with Crippen LogP contribution in [0.15, 0.2) is 18.2 Å². The van der Waals surface area contributed by atoms with Crippen LogP contribution >= 0.6 is 0 Å². The van der Waals surface area contributed by atoms with Crippen LogP contribution in [0, 0.1) is 5.82 Å². The third-order valence-electron chi connectivity index (χ3n) is 4.74. The Labute approximate surface area is 150 Å². The number of piperidine rings is 1. The van der Waals surface area contributed by atoms with Crippen molar-refractivity contribution >= 4 is 23.6 Å². The molecule has 26 heavy (non-hydrogen) atoms. The molecule has 0 bridgehead atoms. The van der Waals surface area contributed by atoms with Gasteiger partial charge in [0.25, 0.3) is 0 Å². The lowest BCUT2D eigenvalue weighted by atomic mass is 9.89. The molecule has 0 unspecified atom stereocenters. The minimum absolute atomic E-state index is 0.00996. The SMILES string of the molecule is CCOC(=O)N1CCC(NC(=O)[C@H]2CC(=O)Nc3ccc(F)cc32)CC1. The number of rotatable bonds is 3. The predicted molar refractivity (Wildman–Crippen MR) is 92.1 cm³/mol. The summed E-state index contributed by atoms with van der Waals surface area (Å²) in [7, 11) is 0. The zero-order valence-electron chi connectivity index (χ0n) is 14.6. The molecule has 2 aliphatic rings. The van der Waals surface area contributed by atoms with Gasteiger partial charge in [0.15, 0.2) is 0 Å². The highest BCUT2D eigenvalue weighted by atomic mass is 19.1. The van der Waals surface area contributed by atoms with Crippen LogP contribution in [0.3, 0.4) is 0 Å². The second kappa shape index (κ2) is 7.72. The molecule has 0 saturated carbocycles. The molecule has 0 spiro atoms. The molecular weight excluding hydrogens is 341 g/mol. The van der Waals surface area contributed by atoms with Crippen molar-refractivity contribution in [3.8, 4) is 0 Å². The van der Waals surface area contributed by atoms with Crippen LogP contribution in [0.1, 0.15) is 37.7 Å². The van der Waals surface area contributed by atoms with Crippen molar-refractivity contribution in [1.29, 1.82) is 0 Å². The molecule has 8 heteroatoms. The summed E-state index contributed by atoms with van der Waals surface area (Å²) < 4.78 is 18.5. The molecular formula is C18H22FN3O4. The van der Waals surface area contributed by atoms with Crippen molar-refractivity contribution in [2.24, 2.45) is 0 Å². The zero-order valence-corrected chi connectivity index (χ0v) is 14.6. The van der Waals surface area contributed by atoms with Crippen LogP contribution < -0.4 is 10.6 Å². The van der Waals surface area contributed by atoms with E-state index in [0.29, 0.717) is 43.8 Å². The van der Waals surface area contributed by atoms with E-state index in [4.69, 9.17) is 4.74 Å². The first-order chi connectivity index (χ1) is 12.5. The molecule has 7 nitrogen and oxygen atoms in total. The summed E-state index contributed by atoms with van der Waals surface area (Å²) in [6.07, 6.45) is 0.869. The van der Waals surface area contributed by atoms with E-state index in [1.807, 2.05) is 0 Å². The van der Waals surface area contributed by atoms with Crippen LogP contribution in [0.25, 0.3) is 0 Å². The van der Waals surface area contributed by atoms with E-state index in [1.165, 1.54) is 18.2 Å². The number of ether oxygens (including phenoxy) is 1. The van der Waals surface area contributed by atoms with Crippen LogP contribution in [-0.2, 0) is 14.3 Å². The Bertz CT molecular complexity index is 716. The number of hydrogen-bond donors (Lipinski definition) is 2. The van der Waals surface area contributed by atoms with Crippen molar-refractivity contribution in [3.63, 3.8) is 0 Å². The molecule has 2 heterocycles. The summed E-state index contributed by atoms with van der Waals surface area (Å²) in [5.41, 5.74) is 0.964. The zero-order chi connectivity index (χ0) is 18.7. The first-order valence-electron chi connectivity index (χ1n) is 8.79. The Morgan fingerprint density at radius 3 is 2.77 bits per heavy atom. The fourth-order valence-corrected chi connectivity index (χ4v) is 3.39. The normalized spacial score (nSPS) is 20.2. The number of amides is 3. The highest BCUT2D eigenvalue weighted by Gasteiger charge is 2.33. The number of hydrogen-bond acceptors (Lipinski definition) is 4. The molecule has 1 aromatic carbocycles. The number of nitrogens with zero attached hydrogens (tertiary/aromatic N) is 1. The van der Waals surface area contributed by atoms with Crippen LogP contribution in [0.5, 0.6) is 0 Å². The number of likely N-dealkylation sites (tertiary alicyclic amines) is 1. The number of halogens is 1. The summed E-state index contributed by atoms with van der Waals surface area (Å²) in [4.78, 5) is 37.9. The quantitative estimate of drug-likeness (QED) is 0.860. The van der Waals surface area contributed by atoms with Crippen molar-refractivity contribution in [1.82, 2.24) is 10.2 Å². The molecule has 3 rings (SSSR count). The van der Waals surface area contributed by atoms with E-state index in [-0.39, 0.29) is 30.4 Å². The van der Waals surface area contributed by atoms with Gasteiger partial charge in [0, 0.05) is 31.2 Å². The number of carbonyl (C=O) groups is 3. The fraction of sp³-hybridized carbons (Fsp3) is 0.500. The molecule has 0 aliphatic carbocycles. The Kier molecular flexibility index (Phi) is 5.39. The highest BCUT2D eigenvalue weighted by molar-refractivity contribution is 6.01. The second-order valence-electron chi connectivity index (χ2n) is 6.51. The van der Waals surface area contributed by atoms with Crippen molar-refractivity contribution in [2.75, 3.05) is 25.0 Å². The van der Waals surface area contributed by atoms with E-state index in [2.05, 4.69) is 10.6 Å². The van der Waals surface area contributed by atoms with Gasteiger partial charge in [0.1, 0.15) is 5.82 Å². The van der Waals surface area contributed by atoms with Crippen LogP contribution in [0.4, 0.5) is 14.9 Å². The summed E-state index contributed by atoms with van der Waals surface area (Å²) in [6, 6.07) is 3.93. The molecule has 0 aromatic heterocycles. The predicted octanol–water partition coefficient (Wildman–Crippen LogP) is 1.99. The Morgan fingerprint density at radius 1 is 1.35 bits per heavy atom. The maximum absolute atomic E-state index is 13.6. The molecule has 1 saturated heterocycles. The van der Waals surface area contributed by atoms with Gasteiger partial charge < -0.3 is 20.3 Å². The molecule has 1 aromatic rings. The van der Waals surface area contributed by atoms with Gasteiger partial charge in [-0.05, 0) is 43.5 Å². The van der Waals surface area contributed by atoms with Gasteiger partial charge in [-0.3, -0.25) is 9.59 Å². The Balaban J connectivity index is 1.62. The largest absolute Gasteiger partial charge is 0.450 e. The maximum Gasteiger partial charge on any atom is 0.409 e. The fourth-order valence-electron chi connectivity index (χ4n) is 3.39. The molecule has 2 N–H and O–H groups in total. The molecule has 1 fully saturated rings. The number of nitrogens with one attached hydrogen (secondary N) is 2. The van der Waals surface area contributed by atoms with Gasteiger partial charge in [-0.25, -0.2) is 9.18 Å². The van der Waals surface area contributed by atoms with Crippen LogP contribution in [0.2, 0.25) is 0 Å². The third kappa shape index (κ3) is 3.95. The van der Waals surface area contributed by atoms with Crippen LogP contribution in [-0.4, -0.2) is 48.5 Å². The third-order valence-corrected chi connectivity index (χ3v) is 4.74. The monoisotopic (exact) mass is 363 g/mol. The summed E-state index contributed by atoms with van der Waals surface area (Å²) >= 11 is 0. The average Bonchev–Trinajstić information content (AvgIpc) is 2.62. The van der Waals surface area contributed by atoms with E-state index >= 15 is 0 Å². The van der Waals surface area contributed by atoms with E-state index < -0.39 is 11.7 Å². The number of fused-ring (bicyclic) bond motifs is 1. The first kappa shape index (κ1) is 18.2. The van der Waals surface area contributed by atoms with E-state index in [0.717, 1.165) is 0 Å². The molecule has 1 atom stereocenters. The lowest BCUT2D eigenvalue weighted by molar-refractivity contribution is -0.127. The van der Waals surface area contributed by atoms with Gasteiger partial charge in [-0.15, -0.1) is 0 Å². The topological polar surface area (TPSA) is 87.7 Å². The van der Waals surface area contributed by atoms with Gasteiger partial charge in [-0.1, -0.05) is 0 Å². The summed E-state index contributed by atoms with van der Waals surface area (Å²) in [5.74, 6) is -1.71. The lowest BCUT2D eigenvalue weighted by Crippen LogP contribution is -2.48. The number of carbonyl (C=O) groups excluding carboxylic acids is 3. The van der Waals surface area contributed by atoms with Gasteiger partial charge in [0.2, 0.25) is 11.8 Å². The standard InChI is InChI=1S/C18H22FN3O4/c1-2-26-18(25)22-7-5-12(6-8-22)20-17(24)14-10-16(23)21-15-4-3-11(19)9-13(14)15/h3-4,9,12,14H,2,5-8,10H2,1H3,(H,20,24)(H,21,23)/t14-/m0/s1.